The summed E-state index contributed by atoms with van der Waals surface area (Å²) in [4.78, 5) is 4.11. The van der Waals surface area contributed by atoms with Crippen LogP contribution < -0.4 is 5.32 Å². The summed E-state index contributed by atoms with van der Waals surface area (Å²) in [7, 11) is 0. The topological polar surface area (TPSA) is 24.9 Å². The molecular weight excluding hydrogens is 276 g/mol. The largest absolute Gasteiger partial charge is 0.310 e. The number of pyridine rings is 1. The van der Waals surface area contributed by atoms with Gasteiger partial charge in [-0.1, -0.05) is 25.1 Å². The molecular formula is C18H20N2S. The molecule has 21 heavy (non-hydrogen) atoms. The summed E-state index contributed by atoms with van der Waals surface area (Å²) in [5.74, 6) is 0. The molecule has 0 saturated carbocycles. The summed E-state index contributed by atoms with van der Waals surface area (Å²) >= 11 is 1.83. The second-order valence-electron chi connectivity index (χ2n) is 5.25. The van der Waals surface area contributed by atoms with Gasteiger partial charge in [0.2, 0.25) is 0 Å². The molecule has 1 N–H and O–H groups in total. The molecule has 3 heteroatoms. The summed E-state index contributed by atoms with van der Waals surface area (Å²) in [6.45, 7) is 3.25. The van der Waals surface area contributed by atoms with Gasteiger partial charge in [0.25, 0.3) is 0 Å². The number of hydrogen-bond donors (Lipinski definition) is 1. The highest BCUT2D eigenvalue weighted by Gasteiger charge is 2.15. The molecule has 0 aliphatic heterocycles. The average Bonchev–Trinajstić information content (AvgIpc) is 3.01. The van der Waals surface area contributed by atoms with Crippen molar-refractivity contribution in [3.8, 4) is 0 Å². The third-order valence-corrected chi connectivity index (χ3v) is 4.69. The molecule has 2 aromatic heterocycles. The van der Waals surface area contributed by atoms with E-state index >= 15 is 0 Å². The molecule has 3 aromatic rings. The number of hydrogen-bond acceptors (Lipinski definition) is 3. The molecule has 0 spiro atoms. The normalized spacial score (nSPS) is 12.6. The third-order valence-electron chi connectivity index (χ3n) is 3.71. The zero-order valence-corrected chi connectivity index (χ0v) is 13.1. The van der Waals surface area contributed by atoms with Gasteiger partial charge in [-0.2, -0.15) is 0 Å². The smallest absolute Gasteiger partial charge is 0.0390 e. The minimum Gasteiger partial charge on any atom is -0.310 e. The van der Waals surface area contributed by atoms with E-state index in [2.05, 4.69) is 59.0 Å². The Bertz CT molecular complexity index is 691. The first-order chi connectivity index (χ1) is 10.4. The molecule has 0 aliphatic carbocycles. The Kier molecular flexibility index (Phi) is 4.63. The lowest BCUT2D eigenvalue weighted by molar-refractivity contribution is 0.532. The summed E-state index contributed by atoms with van der Waals surface area (Å²) in [6.07, 6.45) is 5.89. The molecule has 0 radical (unpaired) electrons. The monoisotopic (exact) mass is 296 g/mol. The Hall–Kier alpha value is -1.71. The minimum absolute atomic E-state index is 0.356. The molecule has 1 atom stereocenters. The Morgan fingerprint density at radius 1 is 1.14 bits per heavy atom. The summed E-state index contributed by atoms with van der Waals surface area (Å²) in [6, 6.07) is 13.4. The van der Waals surface area contributed by atoms with E-state index in [0.717, 1.165) is 19.4 Å². The van der Waals surface area contributed by atoms with Crippen LogP contribution in [0.15, 0.2) is 54.2 Å². The van der Waals surface area contributed by atoms with Gasteiger partial charge in [0, 0.05) is 23.1 Å². The molecule has 2 nitrogen and oxygen atoms in total. The lowest BCUT2D eigenvalue weighted by atomic mass is 9.98. The summed E-state index contributed by atoms with van der Waals surface area (Å²) in [5, 5.41) is 7.22. The molecule has 1 unspecified atom stereocenters. The molecule has 2 heterocycles. The lowest BCUT2D eigenvalue weighted by Crippen LogP contribution is -2.24. The fraction of sp³-hybridized carbons (Fsp3) is 0.278. The predicted molar refractivity (Wildman–Crippen MR) is 90.8 cm³/mol. The lowest BCUT2D eigenvalue weighted by Gasteiger charge is -2.20. The molecule has 1 aromatic carbocycles. The fourth-order valence-corrected chi connectivity index (χ4v) is 3.63. The van der Waals surface area contributed by atoms with Crippen LogP contribution in [0, 0.1) is 0 Å². The van der Waals surface area contributed by atoms with Crippen molar-refractivity contribution in [2.24, 2.45) is 0 Å². The van der Waals surface area contributed by atoms with Crippen LogP contribution in [-0.4, -0.2) is 11.5 Å². The number of fused-ring (bicyclic) bond motifs is 1. The van der Waals surface area contributed by atoms with Gasteiger partial charge >= 0.3 is 0 Å². The number of aromatic nitrogens is 1. The van der Waals surface area contributed by atoms with Crippen molar-refractivity contribution in [2.75, 3.05) is 6.54 Å². The van der Waals surface area contributed by atoms with E-state index in [-0.39, 0.29) is 0 Å². The molecule has 0 aliphatic rings. The third kappa shape index (κ3) is 3.31. The van der Waals surface area contributed by atoms with E-state index in [1.807, 2.05) is 23.7 Å². The molecule has 0 bridgehead atoms. The van der Waals surface area contributed by atoms with Crippen LogP contribution >= 0.6 is 11.3 Å². The van der Waals surface area contributed by atoms with Gasteiger partial charge in [0.15, 0.2) is 0 Å². The van der Waals surface area contributed by atoms with Crippen LogP contribution in [0.2, 0.25) is 0 Å². The van der Waals surface area contributed by atoms with Crippen molar-refractivity contribution in [1.82, 2.24) is 10.3 Å². The van der Waals surface area contributed by atoms with Gasteiger partial charge in [-0.05, 0) is 59.5 Å². The van der Waals surface area contributed by atoms with Crippen LogP contribution in [0.1, 0.15) is 30.5 Å². The van der Waals surface area contributed by atoms with E-state index in [9.17, 15) is 0 Å². The van der Waals surface area contributed by atoms with E-state index in [1.165, 1.54) is 21.2 Å². The highest BCUT2D eigenvalue weighted by atomic mass is 32.1. The van der Waals surface area contributed by atoms with Gasteiger partial charge in [-0.3, -0.25) is 4.98 Å². The van der Waals surface area contributed by atoms with E-state index in [0.29, 0.717) is 6.04 Å². The number of benzene rings is 1. The van der Waals surface area contributed by atoms with Crippen LogP contribution in [0.3, 0.4) is 0 Å². The maximum Gasteiger partial charge on any atom is 0.0390 e. The van der Waals surface area contributed by atoms with Crippen molar-refractivity contribution in [3.63, 3.8) is 0 Å². The van der Waals surface area contributed by atoms with E-state index in [4.69, 9.17) is 0 Å². The zero-order valence-electron chi connectivity index (χ0n) is 12.3. The van der Waals surface area contributed by atoms with Crippen LogP contribution in [0.4, 0.5) is 0 Å². The standard InChI is InChI=1S/C18H20N2S/c1-2-9-20-17(13-14-6-10-19-11-7-14)16-5-3-4-15-8-12-21-18(15)16/h3-8,10-12,17,20H,2,9,13H2,1H3. The molecule has 0 saturated heterocycles. The van der Waals surface area contributed by atoms with Gasteiger partial charge in [-0.25, -0.2) is 0 Å². The quantitative estimate of drug-likeness (QED) is 0.720. The minimum atomic E-state index is 0.356. The van der Waals surface area contributed by atoms with Gasteiger partial charge < -0.3 is 5.32 Å². The van der Waals surface area contributed by atoms with E-state index in [1.54, 1.807) is 0 Å². The summed E-state index contributed by atoms with van der Waals surface area (Å²) < 4.78 is 1.40. The second-order valence-corrected chi connectivity index (χ2v) is 6.17. The van der Waals surface area contributed by atoms with Gasteiger partial charge in [0.1, 0.15) is 0 Å². The Balaban J connectivity index is 1.93. The maximum absolute atomic E-state index is 4.11. The van der Waals surface area contributed by atoms with E-state index < -0.39 is 0 Å². The molecule has 0 fully saturated rings. The molecule has 3 rings (SSSR count). The highest BCUT2D eigenvalue weighted by molar-refractivity contribution is 7.17. The Morgan fingerprint density at radius 3 is 2.81 bits per heavy atom. The van der Waals surface area contributed by atoms with Crippen molar-refractivity contribution in [2.45, 2.75) is 25.8 Å². The first kappa shape index (κ1) is 14.2. The number of rotatable bonds is 6. The summed E-state index contributed by atoms with van der Waals surface area (Å²) in [5.41, 5.74) is 2.74. The van der Waals surface area contributed by atoms with Crippen LogP contribution in [-0.2, 0) is 6.42 Å². The molecule has 0 amide bonds. The first-order valence-electron chi connectivity index (χ1n) is 7.47. The highest BCUT2D eigenvalue weighted by Crippen LogP contribution is 2.30. The molecule has 108 valence electrons. The van der Waals surface area contributed by atoms with Crippen LogP contribution in [0.5, 0.6) is 0 Å². The van der Waals surface area contributed by atoms with Crippen molar-refractivity contribution in [3.05, 3.63) is 65.3 Å². The van der Waals surface area contributed by atoms with Gasteiger partial charge in [-0.15, -0.1) is 11.3 Å². The van der Waals surface area contributed by atoms with Crippen molar-refractivity contribution < 1.29 is 0 Å². The number of thiophene rings is 1. The second kappa shape index (κ2) is 6.83. The Morgan fingerprint density at radius 2 is 2.00 bits per heavy atom. The number of nitrogens with zero attached hydrogens (tertiary/aromatic N) is 1. The van der Waals surface area contributed by atoms with Crippen molar-refractivity contribution >= 4 is 21.4 Å². The van der Waals surface area contributed by atoms with Gasteiger partial charge in [0.05, 0.1) is 0 Å². The predicted octanol–water partition coefficient (Wildman–Crippen LogP) is 4.58. The maximum atomic E-state index is 4.11. The average molecular weight is 296 g/mol. The SMILES string of the molecule is CCCNC(Cc1ccncc1)c1cccc2ccsc12. The number of nitrogens with one attached hydrogen (secondary N) is 1. The first-order valence-corrected chi connectivity index (χ1v) is 8.35. The zero-order chi connectivity index (χ0) is 14.5. The van der Waals surface area contributed by atoms with Crippen LogP contribution in [0.25, 0.3) is 10.1 Å². The fourth-order valence-electron chi connectivity index (χ4n) is 2.66. The van der Waals surface area contributed by atoms with Crippen molar-refractivity contribution in [1.29, 1.82) is 0 Å². The Labute approximate surface area is 129 Å².